The highest BCUT2D eigenvalue weighted by Gasteiger charge is 1.90. The smallest absolute Gasteiger partial charge is 0.330 e. The molecule has 0 saturated carbocycles. The van der Waals surface area contributed by atoms with Crippen LogP contribution in [0.25, 0.3) is 0 Å². The molecule has 0 aromatic heterocycles. The molecule has 0 aromatic rings. The highest BCUT2D eigenvalue weighted by atomic mass is 16.4. The predicted molar refractivity (Wildman–Crippen MR) is 32.7 cm³/mol. The summed E-state index contributed by atoms with van der Waals surface area (Å²) < 4.78 is 0. The lowest BCUT2D eigenvalue weighted by Crippen LogP contribution is -1.92. The molecule has 0 aliphatic carbocycles. The average Bonchev–Trinajstić information content (AvgIpc) is 1.68. The Morgan fingerprint density at radius 2 is 1.89 bits per heavy atom. The van der Waals surface area contributed by atoms with Gasteiger partial charge in [-0.05, 0) is 6.92 Å². The van der Waals surface area contributed by atoms with Crippen molar-refractivity contribution in [1.82, 2.24) is 0 Å². The minimum Gasteiger partial charge on any atom is -0.478 e. The molecule has 0 heterocycles. The zero-order valence-corrected chi connectivity index (χ0v) is 5.13. The van der Waals surface area contributed by atoms with Crippen molar-refractivity contribution in [1.29, 1.82) is 0 Å². The minimum atomic E-state index is -0.935. The summed E-state index contributed by atoms with van der Waals surface area (Å²) in [5, 5.41) is 7.89. The number of carbonyl (C=O) groups is 2. The van der Waals surface area contributed by atoms with Crippen molar-refractivity contribution in [3.8, 4) is 0 Å². The van der Waals surface area contributed by atoms with Crippen LogP contribution in [0.4, 0.5) is 0 Å². The number of carboxylic acids is 1. The zero-order valence-electron chi connectivity index (χ0n) is 5.13. The van der Waals surface area contributed by atoms with Crippen LogP contribution in [0.2, 0.25) is 0 Å². The second-order valence-electron chi connectivity index (χ2n) is 1.22. The van der Waals surface area contributed by atoms with Crippen LogP contribution in [0.1, 0.15) is 6.92 Å². The van der Waals surface area contributed by atoms with Gasteiger partial charge in [-0.15, -0.1) is 0 Å². The maximum atomic E-state index is 9.60. The van der Waals surface area contributed by atoms with E-state index in [0.717, 1.165) is 0 Å². The summed E-state index contributed by atoms with van der Waals surface area (Å²) in [6, 6.07) is 0. The highest BCUT2D eigenvalue weighted by Crippen LogP contribution is 1.81. The highest BCUT2D eigenvalue weighted by molar-refractivity contribution is 5.84. The van der Waals surface area contributed by atoms with Crippen LogP contribution in [-0.2, 0) is 9.59 Å². The molecule has 0 aliphatic rings. The molecule has 9 heavy (non-hydrogen) atoms. The van der Waals surface area contributed by atoms with Gasteiger partial charge in [0.15, 0.2) is 0 Å². The monoisotopic (exact) mass is 131 g/mol. The van der Waals surface area contributed by atoms with Gasteiger partial charge in [0, 0.05) is 5.57 Å². The number of carbonyl (C=O) groups excluding carboxylic acids is 1. The normalized spacial score (nSPS) is 6.33. The lowest BCUT2D eigenvalue weighted by Gasteiger charge is -1.79. The van der Waals surface area contributed by atoms with Gasteiger partial charge in [0.1, 0.15) is 0 Å². The Balaban J connectivity index is 0. The quantitative estimate of drug-likeness (QED) is 0.380. The average molecular weight is 131 g/mol. The Kier molecular flexibility index (Phi) is 7.88. The lowest BCUT2D eigenvalue weighted by atomic mass is 10.4. The summed E-state index contributed by atoms with van der Waals surface area (Å²) >= 11 is 0. The fourth-order valence-electron chi connectivity index (χ4n) is 0. The van der Waals surface area contributed by atoms with Crippen LogP contribution in [-0.4, -0.2) is 17.5 Å². The van der Waals surface area contributed by atoms with E-state index in [4.69, 9.17) is 9.90 Å². The van der Waals surface area contributed by atoms with Crippen molar-refractivity contribution in [2.75, 3.05) is 0 Å². The van der Waals surface area contributed by atoms with E-state index in [9.17, 15) is 4.79 Å². The maximum absolute atomic E-state index is 9.60. The van der Waals surface area contributed by atoms with E-state index in [1.165, 1.54) is 6.92 Å². The summed E-state index contributed by atoms with van der Waals surface area (Å²) in [7, 11) is 0. The van der Waals surface area contributed by atoms with Crippen LogP contribution in [0.3, 0.4) is 0 Å². The van der Waals surface area contributed by atoms with E-state index in [0.29, 0.717) is 0 Å². The van der Waals surface area contributed by atoms with Crippen LogP contribution in [0, 0.1) is 0 Å². The standard InChI is InChI=1S/C4H6O2.CH3NO/c1-3(2)4(5)6;2-1-3/h1H2,2H3,(H,5,6);1H,(H2,2,3). The summed E-state index contributed by atoms with van der Waals surface area (Å²) in [4.78, 5) is 18.2. The van der Waals surface area contributed by atoms with Crippen molar-refractivity contribution >= 4 is 12.4 Å². The minimum absolute atomic E-state index is 0.176. The summed E-state index contributed by atoms with van der Waals surface area (Å²) in [5.41, 5.74) is 4.34. The number of amides is 1. The molecule has 0 rings (SSSR count). The van der Waals surface area contributed by atoms with Gasteiger partial charge < -0.3 is 10.8 Å². The summed E-state index contributed by atoms with van der Waals surface area (Å²) in [5.74, 6) is -0.935. The van der Waals surface area contributed by atoms with Crippen LogP contribution in [0.15, 0.2) is 12.2 Å². The first-order valence-electron chi connectivity index (χ1n) is 2.10. The molecule has 0 spiro atoms. The predicted octanol–water partition coefficient (Wildman–Crippen LogP) is -0.251. The second-order valence-corrected chi connectivity index (χ2v) is 1.22. The van der Waals surface area contributed by atoms with Gasteiger partial charge in [0.05, 0.1) is 0 Å². The second kappa shape index (κ2) is 6.68. The first-order valence-corrected chi connectivity index (χ1v) is 2.10. The van der Waals surface area contributed by atoms with Crippen molar-refractivity contribution in [3.63, 3.8) is 0 Å². The van der Waals surface area contributed by atoms with E-state index < -0.39 is 5.97 Å². The molecule has 4 nitrogen and oxygen atoms in total. The van der Waals surface area contributed by atoms with E-state index in [-0.39, 0.29) is 12.0 Å². The maximum Gasteiger partial charge on any atom is 0.330 e. The van der Waals surface area contributed by atoms with Crippen molar-refractivity contribution in [2.24, 2.45) is 5.73 Å². The molecule has 0 atom stereocenters. The molecule has 0 unspecified atom stereocenters. The van der Waals surface area contributed by atoms with Crippen molar-refractivity contribution in [3.05, 3.63) is 12.2 Å². The SMILES string of the molecule is C=C(C)C(=O)O.NC=O. The third-order valence-corrected chi connectivity index (χ3v) is 0.365. The van der Waals surface area contributed by atoms with Crippen LogP contribution < -0.4 is 5.73 Å². The van der Waals surface area contributed by atoms with Crippen LogP contribution >= 0.6 is 0 Å². The Bertz CT molecular complexity index is 107. The Morgan fingerprint density at radius 3 is 1.89 bits per heavy atom. The fourth-order valence-corrected chi connectivity index (χ4v) is 0. The molecule has 0 fully saturated rings. The Labute approximate surface area is 53.0 Å². The van der Waals surface area contributed by atoms with E-state index in [2.05, 4.69) is 12.3 Å². The number of hydrogen-bond acceptors (Lipinski definition) is 2. The first kappa shape index (κ1) is 10.6. The molecule has 4 heteroatoms. The molecule has 0 aliphatic heterocycles. The first-order chi connectivity index (χ1) is 4.06. The molecule has 1 amide bonds. The van der Waals surface area contributed by atoms with Crippen LogP contribution in [0.5, 0.6) is 0 Å². The molecular weight excluding hydrogens is 122 g/mol. The van der Waals surface area contributed by atoms with E-state index in [1.807, 2.05) is 0 Å². The van der Waals surface area contributed by atoms with Gasteiger partial charge in [0.2, 0.25) is 6.41 Å². The number of primary amides is 1. The molecule has 0 aromatic carbocycles. The molecule has 3 N–H and O–H groups in total. The molecule has 0 saturated heterocycles. The summed E-state index contributed by atoms with van der Waals surface area (Å²) in [6.07, 6.45) is 0.250. The molecular formula is C5H9NO3. The molecule has 0 bridgehead atoms. The fraction of sp³-hybridized carbons (Fsp3) is 0.200. The Morgan fingerprint density at radius 1 is 1.78 bits per heavy atom. The third-order valence-electron chi connectivity index (χ3n) is 0.365. The van der Waals surface area contributed by atoms with Crippen molar-refractivity contribution in [2.45, 2.75) is 6.92 Å². The molecule has 52 valence electrons. The number of rotatable bonds is 1. The van der Waals surface area contributed by atoms with Gasteiger partial charge in [0.25, 0.3) is 0 Å². The number of aliphatic carboxylic acids is 1. The number of hydrogen-bond donors (Lipinski definition) is 2. The van der Waals surface area contributed by atoms with Gasteiger partial charge >= 0.3 is 5.97 Å². The van der Waals surface area contributed by atoms with E-state index in [1.54, 1.807) is 0 Å². The Hall–Kier alpha value is -1.32. The van der Waals surface area contributed by atoms with Gasteiger partial charge in [-0.2, -0.15) is 0 Å². The van der Waals surface area contributed by atoms with E-state index >= 15 is 0 Å². The third kappa shape index (κ3) is 20.4. The summed E-state index contributed by atoms with van der Waals surface area (Å²) in [6.45, 7) is 4.60. The van der Waals surface area contributed by atoms with Gasteiger partial charge in [-0.1, -0.05) is 6.58 Å². The van der Waals surface area contributed by atoms with Gasteiger partial charge in [-0.3, -0.25) is 4.79 Å². The largest absolute Gasteiger partial charge is 0.478 e. The molecule has 0 radical (unpaired) electrons. The zero-order chi connectivity index (χ0) is 7.86. The number of carboxylic acid groups (broad SMARTS) is 1. The van der Waals surface area contributed by atoms with Gasteiger partial charge in [-0.25, -0.2) is 4.79 Å². The number of nitrogens with two attached hydrogens (primary N) is 1. The van der Waals surface area contributed by atoms with Crippen molar-refractivity contribution < 1.29 is 14.7 Å². The lowest BCUT2D eigenvalue weighted by molar-refractivity contribution is -0.132. The topological polar surface area (TPSA) is 80.4 Å².